The molecule has 0 atom stereocenters. The number of para-hydroxylation sites is 1. The number of nitrogens with one attached hydrogen (secondary N) is 1. The molecule has 0 spiro atoms. The van der Waals surface area contributed by atoms with Gasteiger partial charge >= 0.3 is 0 Å². The van der Waals surface area contributed by atoms with Gasteiger partial charge in [0, 0.05) is 17.5 Å². The first kappa shape index (κ1) is 16.7. The molecule has 4 nitrogen and oxygen atoms in total. The molecular weight excluding hydrogens is 290 g/mol. The second-order valence-electron chi connectivity index (χ2n) is 5.75. The number of ether oxygens (including phenoxy) is 1. The van der Waals surface area contributed by atoms with Crippen LogP contribution in [0.3, 0.4) is 0 Å². The number of benzene rings is 2. The third-order valence-corrected chi connectivity index (χ3v) is 3.39. The quantitative estimate of drug-likeness (QED) is 0.823. The molecule has 0 unspecified atom stereocenters. The second kappa shape index (κ2) is 7.58. The van der Waals surface area contributed by atoms with Crippen LogP contribution in [0.4, 0.5) is 5.69 Å². The molecule has 120 valence electrons. The first-order valence-corrected chi connectivity index (χ1v) is 7.59. The Hall–Kier alpha value is -2.62. The topological polar surface area (TPSA) is 55.4 Å². The Morgan fingerprint density at radius 3 is 2.30 bits per heavy atom. The standard InChI is InChI=1S/C19H21NO3/c1-13(2)12-18(21)20-17-7-5-4-6-16(17)19(22)14-8-10-15(23-3)11-9-14/h4-11,13H,12H2,1-3H3,(H,20,21). The number of ketones is 1. The monoisotopic (exact) mass is 311 g/mol. The molecule has 0 aliphatic heterocycles. The van der Waals surface area contributed by atoms with Crippen LogP contribution in [0.2, 0.25) is 0 Å². The highest BCUT2D eigenvalue weighted by atomic mass is 16.5. The molecule has 0 heterocycles. The van der Waals surface area contributed by atoms with Crippen LogP contribution in [-0.4, -0.2) is 18.8 Å². The first-order chi connectivity index (χ1) is 11.0. The minimum Gasteiger partial charge on any atom is -0.497 e. The molecule has 0 aliphatic carbocycles. The van der Waals surface area contributed by atoms with Crippen molar-refractivity contribution in [1.29, 1.82) is 0 Å². The molecule has 0 saturated carbocycles. The van der Waals surface area contributed by atoms with Crippen molar-refractivity contribution >= 4 is 17.4 Å². The molecule has 2 aromatic carbocycles. The molecule has 0 fully saturated rings. The molecule has 23 heavy (non-hydrogen) atoms. The van der Waals surface area contributed by atoms with Gasteiger partial charge in [0.05, 0.1) is 12.8 Å². The summed E-state index contributed by atoms with van der Waals surface area (Å²) < 4.78 is 5.10. The molecular formula is C19H21NO3. The zero-order valence-corrected chi connectivity index (χ0v) is 13.6. The summed E-state index contributed by atoms with van der Waals surface area (Å²) in [5.74, 6) is 0.739. The molecule has 0 radical (unpaired) electrons. The maximum atomic E-state index is 12.7. The van der Waals surface area contributed by atoms with Gasteiger partial charge in [-0.05, 0) is 42.3 Å². The normalized spacial score (nSPS) is 10.4. The lowest BCUT2D eigenvalue weighted by atomic mass is 10.0. The van der Waals surface area contributed by atoms with Crippen molar-refractivity contribution in [2.24, 2.45) is 5.92 Å². The van der Waals surface area contributed by atoms with Gasteiger partial charge in [0.25, 0.3) is 0 Å². The van der Waals surface area contributed by atoms with E-state index < -0.39 is 0 Å². The van der Waals surface area contributed by atoms with Crippen molar-refractivity contribution in [3.63, 3.8) is 0 Å². The summed E-state index contributed by atoms with van der Waals surface area (Å²) in [7, 11) is 1.58. The Bertz CT molecular complexity index is 690. The molecule has 0 aliphatic rings. The Labute approximate surface area is 136 Å². The molecule has 2 aromatic rings. The Morgan fingerprint density at radius 1 is 1.04 bits per heavy atom. The van der Waals surface area contributed by atoms with Gasteiger partial charge in [-0.15, -0.1) is 0 Å². The highest BCUT2D eigenvalue weighted by Crippen LogP contribution is 2.21. The zero-order valence-electron chi connectivity index (χ0n) is 13.6. The third-order valence-electron chi connectivity index (χ3n) is 3.39. The van der Waals surface area contributed by atoms with E-state index in [-0.39, 0.29) is 17.6 Å². The van der Waals surface area contributed by atoms with Gasteiger partial charge in [-0.1, -0.05) is 26.0 Å². The number of anilines is 1. The second-order valence-corrected chi connectivity index (χ2v) is 5.75. The van der Waals surface area contributed by atoms with Crippen LogP contribution in [0.1, 0.15) is 36.2 Å². The van der Waals surface area contributed by atoms with Gasteiger partial charge in [-0.2, -0.15) is 0 Å². The molecule has 1 N–H and O–H groups in total. The molecule has 0 bridgehead atoms. The van der Waals surface area contributed by atoms with Gasteiger partial charge in [0.15, 0.2) is 5.78 Å². The molecule has 1 amide bonds. The van der Waals surface area contributed by atoms with E-state index in [1.54, 1.807) is 55.6 Å². The van der Waals surface area contributed by atoms with E-state index >= 15 is 0 Å². The lowest BCUT2D eigenvalue weighted by molar-refractivity contribution is -0.116. The number of hydrogen-bond donors (Lipinski definition) is 1. The number of rotatable bonds is 6. The van der Waals surface area contributed by atoms with E-state index in [9.17, 15) is 9.59 Å². The van der Waals surface area contributed by atoms with Crippen molar-refractivity contribution in [2.45, 2.75) is 20.3 Å². The van der Waals surface area contributed by atoms with Crippen LogP contribution in [0, 0.1) is 5.92 Å². The number of carbonyl (C=O) groups excluding carboxylic acids is 2. The zero-order chi connectivity index (χ0) is 16.8. The Morgan fingerprint density at radius 2 is 1.70 bits per heavy atom. The number of hydrogen-bond acceptors (Lipinski definition) is 3. The van der Waals surface area contributed by atoms with Crippen LogP contribution in [0.15, 0.2) is 48.5 Å². The van der Waals surface area contributed by atoms with Gasteiger partial charge in [-0.25, -0.2) is 0 Å². The summed E-state index contributed by atoms with van der Waals surface area (Å²) >= 11 is 0. The Kier molecular flexibility index (Phi) is 5.52. The highest BCUT2D eigenvalue weighted by Gasteiger charge is 2.15. The fraction of sp³-hybridized carbons (Fsp3) is 0.263. The van der Waals surface area contributed by atoms with E-state index in [4.69, 9.17) is 4.74 Å². The first-order valence-electron chi connectivity index (χ1n) is 7.59. The predicted molar refractivity (Wildman–Crippen MR) is 91.0 cm³/mol. The van der Waals surface area contributed by atoms with Crippen LogP contribution >= 0.6 is 0 Å². The molecule has 4 heteroatoms. The average molecular weight is 311 g/mol. The SMILES string of the molecule is COc1ccc(C(=O)c2ccccc2NC(=O)CC(C)C)cc1. The van der Waals surface area contributed by atoms with Crippen LogP contribution in [-0.2, 0) is 4.79 Å². The summed E-state index contributed by atoms with van der Waals surface area (Å²) in [4.78, 5) is 24.7. The van der Waals surface area contributed by atoms with E-state index in [0.29, 0.717) is 29.0 Å². The lowest BCUT2D eigenvalue weighted by Crippen LogP contribution is -2.16. The van der Waals surface area contributed by atoms with E-state index in [2.05, 4.69) is 5.32 Å². The van der Waals surface area contributed by atoms with Gasteiger partial charge in [-0.3, -0.25) is 9.59 Å². The molecule has 0 saturated heterocycles. The molecule has 2 rings (SSSR count). The minimum atomic E-state index is -0.131. The lowest BCUT2D eigenvalue weighted by Gasteiger charge is -2.11. The fourth-order valence-corrected chi connectivity index (χ4v) is 2.26. The van der Waals surface area contributed by atoms with Gasteiger partial charge in [0.2, 0.25) is 5.91 Å². The summed E-state index contributed by atoms with van der Waals surface area (Å²) in [5, 5.41) is 2.83. The van der Waals surface area contributed by atoms with E-state index in [1.165, 1.54) is 0 Å². The maximum absolute atomic E-state index is 12.7. The number of amides is 1. The Balaban J connectivity index is 2.24. The van der Waals surface area contributed by atoms with E-state index in [1.807, 2.05) is 13.8 Å². The minimum absolute atomic E-state index is 0.0880. The van der Waals surface area contributed by atoms with Gasteiger partial charge < -0.3 is 10.1 Å². The van der Waals surface area contributed by atoms with Crippen molar-refractivity contribution < 1.29 is 14.3 Å². The fourth-order valence-electron chi connectivity index (χ4n) is 2.26. The van der Waals surface area contributed by atoms with Crippen LogP contribution in [0.5, 0.6) is 5.75 Å². The summed E-state index contributed by atoms with van der Waals surface area (Å²) in [6.45, 7) is 3.96. The average Bonchev–Trinajstić information content (AvgIpc) is 2.54. The van der Waals surface area contributed by atoms with Crippen molar-refractivity contribution in [2.75, 3.05) is 12.4 Å². The smallest absolute Gasteiger partial charge is 0.224 e. The number of methoxy groups -OCH3 is 1. The third kappa shape index (κ3) is 4.42. The highest BCUT2D eigenvalue weighted by molar-refractivity contribution is 6.13. The van der Waals surface area contributed by atoms with Gasteiger partial charge in [0.1, 0.15) is 5.75 Å². The predicted octanol–water partition coefficient (Wildman–Crippen LogP) is 3.91. The summed E-state index contributed by atoms with van der Waals surface area (Å²) in [6.07, 6.45) is 0.422. The van der Waals surface area contributed by atoms with Crippen LogP contribution < -0.4 is 10.1 Å². The number of carbonyl (C=O) groups is 2. The largest absolute Gasteiger partial charge is 0.497 e. The maximum Gasteiger partial charge on any atom is 0.224 e. The molecule has 0 aromatic heterocycles. The summed E-state index contributed by atoms with van der Waals surface area (Å²) in [6, 6.07) is 14.0. The van der Waals surface area contributed by atoms with Crippen molar-refractivity contribution in [1.82, 2.24) is 0 Å². The summed E-state index contributed by atoms with van der Waals surface area (Å²) in [5.41, 5.74) is 1.57. The van der Waals surface area contributed by atoms with E-state index in [0.717, 1.165) is 0 Å². The van der Waals surface area contributed by atoms with Crippen LogP contribution in [0.25, 0.3) is 0 Å². The van der Waals surface area contributed by atoms with Crippen molar-refractivity contribution in [3.05, 3.63) is 59.7 Å². The van der Waals surface area contributed by atoms with Crippen molar-refractivity contribution in [3.8, 4) is 5.75 Å².